The molecule has 3 aromatic rings. The Morgan fingerprint density at radius 2 is 1.20 bits per heavy atom. The summed E-state index contributed by atoms with van der Waals surface area (Å²) in [5.41, 5.74) is 6.44. The van der Waals surface area contributed by atoms with Gasteiger partial charge in [-0.2, -0.15) is 0 Å². The molecule has 3 aromatic carbocycles. The molecule has 0 saturated heterocycles. The van der Waals surface area contributed by atoms with Crippen molar-refractivity contribution >= 4 is 34.8 Å². The highest BCUT2D eigenvalue weighted by Crippen LogP contribution is 2.32. The maximum absolute atomic E-state index is 13.3. The fourth-order valence-corrected chi connectivity index (χ4v) is 3.89. The Balaban J connectivity index is 1.90. The van der Waals surface area contributed by atoms with E-state index in [-0.39, 0.29) is 51.8 Å². The molecule has 0 bridgehead atoms. The van der Waals surface area contributed by atoms with Crippen LogP contribution >= 0.6 is 0 Å². The van der Waals surface area contributed by atoms with E-state index in [0.29, 0.717) is 36.8 Å². The van der Waals surface area contributed by atoms with Crippen LogP contribution in [0.4, 0.5) is 17.1 Å². The van der Waals surface area contributed by atoms with Gasteiger partial charge < -0.3 is 30.6 Å². The lowest BCUT2D eigenvalue weighted by atomic mass is 10.1. The summed E-state index contributed by atoms with van der Waals surface area (Å²) in [6.07, 6.45) is 0.324. The number of nitrogens with two attached hydrogens (primary N) is 1. The average molecular weight is 621 g/mol. The molecule has 4 N–H and O–H groups in total. The lowest BCUT2D eigenvalue weighted by Crippen LogP contribution is -2.17. The second-order valence-corrected chi connectivity index (χ2v) is 11.4. The van der Waals surface area contributed by atoms with E-state index in [9.17, 15) is 24.5 Å². The van der Waals surface area contributed by atoms with Gasteiger partial charge in [-0.15, -0.1) is 0 Å². The second kappa shape index (κ2) is 15.6. The number of nitro groups is 1. The first kappa shape index (κ1) is 34.4. The molecule has 0 aliphatic rings. The molecule has 1 atom stereocenters. The molecule has 12 heteroatoms. The average Bonchev–Trinajstić information content (AvgIpc) is 2.99. The molecule has 0 spiro atoms. The molecule has 0 radical (unpaired) electrons. The topological polar surface area (TPSA) is 172 Å². The van der Waals surface area contributed by atoms with E-state index in [0.717, 1.165) is 0 Å². The number of hydrogen-bond acceptors (Lipinski definition) is 8. The van der Waals surface area contributed by atoms with E-state index >= 15 is 0 Å². The van der Waals surface area contributed by atoms with Gasteiger partial charge in [0.2, 0.25) is 5.91 Å². The zero-order valence-electron chi connectivity index (χ0n) is 26.3. The van der Waals surface area contributed by atoms with Crippen LogP contribution in [-0.4, -0.2) is 42.0 Å². The largest absolute Gasteiger partial charge is 0.491 e. The number of carbonyl (C=O) groups excluding carboxylic acids is 3. The van der Waals surface area contributed by atoms with Crippen LogP contribution in [-0.2, 0) is 0 Å². The number of anilines is 2. The summed E-state index contributed by atoms with van der Waals surface area (Å²) in [5, 5.41) is 17.1. The summed E-state index contributed by atoms with van der Waals surface area (Å²) in [5.74, 6) is -0.774. The number of amides is 3. The minimum absolute atomic E-state index is 0.00842. The number of ether oxygens (including phenoxy) is 3. The Morgan fingerprint density at radius 1 is 0.756 bits per heavy atom. The number of nitro benzene ring substituents is 1. The number of benzene rings is 3. The maximum Gasteiger partial charge on any atom is 0.310 e. The number of hydrogen-bond donors (Lipinski definition) is 3. The van der Waals surface area contributed by atoms with E-state index in [1.54, 1.807) is 13.0 Å². The van der Waals surface area contributed by atoms with Crippen molar-refractivity contribution in [2.45, 2.75) is 54.1 Å². The van der Waals surface area contributed by atoms with Gasteiger partial charge in [0.25, 0.3) is 11.8 Å². The smallest absolute Gasteiger partial charge is 0.310 e. The zero-order chi connectivity index (χ0) is 33.3. The second-order valence-electron chi connectivity index (χ2n) is 11.4. The van der Waals surface area contributed by atoms with E-state index in [1.165, 1.54) is 48.5 Å². The summed E-state index contributed by atoms with van der Waals surface area (Å²) >= 11 is 0. The van der Waals surface area contributed by atoms with Crippen LogP contribution in [0.3, 0.4) is 0 Å². The number of nitrogens with one attached hydrogen (secondary N) is 2. The van der Waals surface area contributed by atoms with Crippen molar-refractivity contribution in [3.63, 3.8) is 0 Å². The van der Waals surface area contributed by atoms with Crippen LogP contribution in [0.1, 0.15) is 79.0 Å². The molecular weight excluding hydrogens is 580 g/mol. The van der Waals surface area contributed by atoms with Crippen LogP contribution in [0.15, 0.2) is 54.6 Å². The molecule has 0 aliphatic carbocycles. The third-order valence-corrected chi connectivity index (χ3v) is 6.47. The number of nitrogens with zero attached hydrogens (tertiary/aromatic N) is 1. The van der Waals surface area contributed by atoms with Crippen molar-refractivity contribution in [1.29, 1.82) is 0 Å². The highest BCUT2D eigenvalue weighted by molar-refractivity contribution is 6.08. The van der Waals surface area contributed by atoms with E-state index in [2.05, 4.69) is 10.6 Å². The monoisotopic (exact) mass is 620 g/mol. The Kier molecular flexibility index (Phi) is 11.9. The van der Waals surface area contributed by atoms with Gasteiger partial charge in [0.15, 0.2) is 5.75 Å². The molecule has 45 heavy (non-hydrogen) atoms. The minimum Gasteiger partial charge on any atom is -0.491 e. The third kappa shape index (κ3) is 9.68. The van der Waals surface area contributed by atoms with Gasteiger partial charge in [-0.05, 0) is 67.6 Å². The summed E-state index contributed by atoms with van der Waals surface area (Å²) in [6.45, 7) is 12.2. The Morgan fingerprint density at radius 3 is 1.64 bits per heavy atom. The highest BCUT2D eigenvalue weighted by atomic mass is 16.6. The van der Waals surface area contributed by atoms with Gasteiger partial charge in [0, 0.05) is 28.8 Å². The molecule has 0 heterocycles. The molecule has 0 fully saturated rings. The van der Waals surface area contributed by atoms with Gasteiger partial charge in [-0.3, -0.25) is 24.5 Å². The molecule has 3 amide bonds. The van der Waals surface area contributed by atoms with Crippen molar-refractivity contribution in [1.82, 2.24) is 0 Å². The Hall–Kier alpha value is -5.13. The first-order chi connectivity index (χ1) is 21.3. The predicted molar refractivity (Wildman–Crippen MR) is 171 cm³/mol. The molecule has 0 saturated carbocycles. The minimum atomic E-state index is -0.625. The van der Waals surface area contributed by atoms with Gasteiger partial charge in [0.1, 0.15) is 11.5 Å². The molecule has 12 nitrogen and oxygen atoms in total. The third-order valence-electron chi connectivity index (χ3n) is 6.47. The number of rotatable bonds is 15. The first-order valence-corrected chi connectivity index (χ1v) is 14.7. The normalized spacial score (nSPS) is 11.6. The molecule has 1 unspecified atom stereocenters. The van der Waals surface area contributed by atoms with Gasteiger partial charge in [-0.1, -0.05) is 34.6 Å². The molecule has 240 valence electrons. The standard InChI is InChI=1S/C33H40N4O8/c1-7-21(6)45-30-16-24(10-13-27(30)37(41)42)33(40)36-26-12-9-23(15-29(26)44-18-20(4)5)32(39)35-25-11-8-22(31(34)38)14-28(25)43-17-19(2)3/h8-16,19-21H,7,17-18H2,1-6H3,(H2,34,38)(H,35,39)(H,36,40). The zero-order valence-corrected chi connectivity index (χ0v) is 26.3. The SMILES string of the molecule is CCC(C)Oc1cc(C(=O)Nc2ccc(C(=O)Nc3ccc(C(N)=O)cc3OCC(C)C)cc2OCC(C)C)ccc1[N+](=O)[O-]. The summed E-state index contributed by atoms with van der Waals surface area (Å²) in [7, 11) is 0. The van der Waals surface area contributed by atoms with E-state index in [1.807, 2.05) is 34.6 Å². The van der Waals surface area contributed by atoms with Crippen LogP contribution in [0.25, 0.3) is 0 Å². The number of primary amides is 1. The molecule has 0 aromatic heterocycles. The van der Waals surface area contributed by atoms with Crippen molar-refractivity contribution < 1.29 is 33.5 Å². The van der Waals surface area contributed by atoms with Crippen LogP contribution in [0.5, 0.6) is 17.2 Å². The van der Waals surface area contributed by atoms with Gasteiger partial charge in [-0.25, -0.2) is 0 Å². The Bertz CT molecular complexity index is 1550. The van der Waals surface area contributed by atoms with Crippen LogP contribution in [0, 0.1) is 22.0 Å². The maximum atomic E-state index is 13.3. The van der Waals surface area contributed by atoms with Gasteiger partial charge >= 0.3 is 5.69 Å². The van der Waals surface area contributed by atoms with Crippen molar-refractivity contribution in [2.75, 3.05) is 23.8 Å². The summed E-state index contributed by atoms with van der Waals surface area (Å²) < 4.78 is 17.5. The quantitative estimate of drug-likeness (QED) is 0.128. The van der Waals surface area contributed by atoms with E-state index < -0.39 is 22.6 Å². The number of carbonyl (C=O) groups is 3. The van der Waals surface area contributed by atoms with Crippen LogP contribution in [0.2, 0.25) is 0 Å². The van der Waals surface area contributed by atoms with E-state index in [4.69, 9.17) is 19.9 Å². The van der Waals surface area contributed by atoms with Gasteiger partial charge in [0.05, 0.1) is 35.6 Å². The highest BCUT2D eigenvalue weighted by Gasteiger charge is 2.21. The summed E-state index contributed by atoms with van der Waals surface area (Å²) in [6, 6.07) is 13.0. The van der Waals surface area contributed by atoms with Crippen LogP contribution < -0.4 is 30.6 Å². The van der Waals surface area contributed by atoms with Crippen molar-refractivity contribution in [3.05, 3.63) is 81.4 Å². The van der Waals surface area contributed by atoms with Crippen molar-refractivity contribution in [3.8, 4) is 17.2 Å². The predicted octanol–water partition coefficient (Wildman–Crippen LogP) is 6.45. The fraction of sp³-hybridized carbons (Fsp3) is 0.364. The fourth-order valence-electron chi connectivity index (χ4n) is 3.89. The summed E-state index contributed by atoms with van der Waals surface area (Å²) in [4.78, 5) is 49.2. The van der Waals surface area contributed by atoms with Crippen molar-refractivity contribution in [2.24, 2.45) is 17.6 Å². The lowest BCUT2D eigenvalue weighted by Gasteiger charge is -2.17. The Labute approximate surface area is 262 Å². The lowest BCUT2D eigenvalue weighted by molar-refractivity contribution is -0.386. The molecular formula is C33H40N4O8. The molecule has 3 rings (SSSR count). The first-order valence-electron chi connectivity index (χ1n) is 14.7. The molecule has 0 aliphatic heterocycles.